The van der Waals surface area contributed by atoms with E-state index in [2.05, 4.69) is 22.4 Å². The number of ether oxygens (including phenoxy) is 1. The summed E-state index contributed by atoms with van der Waals surface area (Å²) in [5.74, 6) is 0.297. The molecule has 1 saturated heterocycles. The van der Waals surface area contributed by atoms with Gasteiger partial charge in [-0.3, -0.25) is 9.78 Å². The average Bonchev–Trinajstić information content (AvgIpc) is 2.79. The highest BCUT2D eigenvalue weighted by atomic mass is 16.5. The largest absolute Gasteiger partial charge is 0.381 e. The van der Waals surface area contributed by atoms with Gasteiger partial charge in [0.25, 0.3) is 5.91 Å². The highest BCUT2D eigenvalue weighted by molar-refractivity contribution is 5.95. The third-order valence-corrected chi connectivity index (χ3v) is 5.32. The van der Waals surface area contributed by atoms with Gasteiger partial charge in [-0.05, 0) is 53.6 Å². The smallest absolute Gasteiger partial charge is 0.251 e. The second kappa shape index (κ2) is 8.81. The molecule has 0 spiro atoms. The number of carbonyl (C=O) groups excluding carboxylic acids is 1. The lowest BCUT2D eigenvalue weighted by Crippen LogP contribution is -2.36. The molecule has 2 heterocycles. The van der Waals surface area contributed by atoms with E-state index in [4.69, 9.17) is 4.74 Å². The van der Waals surface area contributed by atoms with Gasteiger partial charge in [0.05, 0.1) is 6.04 Å². The zero-order chi connectivity index (χ0) is 19.2. The minimum absolute atomic E-state index is 0.0556. The first kappa shape index (κ1) is 18.4. The Morgan fingerprint density at radius 1 is 0.929 bits per heavy atom. The van der Waals surface area contributed by atoms with Gasteiger partial charge in [0, 0.05) is 31.2 Å². The van der Waals surface area contributed by atoms with Gasteiger partial charge in [-0.1, -0.05) is 48.5 Å². The van der Waals surface area contributed by atoms with Crippen LogP contribution in [0, 0.1) is 5.92 Å². The molecular weight excluding hydrogens is 348 g/mol. The number of hydrogen-bond donors (Lipinski definition) is 1. The van der Waals surface area contributed by atoms with Gasteiger partial charge in [0.2, 0.25) is 0 Å². The van der Waals surface area contributed by atoms with Crippen molar-refractivity contribution in [2.24, 2.45) is 5.92 Å². The molecule has 1 amide bonds. The minimum atomic E-state index is -0.0566. The van der Waals surface area contributed by atoms with Crippen LogP contribution in [0.2, 0.25) is 0 Å². The van der Waals surface area contributed by atoms with E-state index < -0.39 is 0 Å². The molecule has 1 unspecified atom stereocenters. The van der Waals surface area contributed by atoms with Crippen LogP contribution in [0.15, 0.2) is 79.1 Å². The summed E-state index contributed by atoms with van der Waals surface area (Å²) in [6.07, 6.45) is 5.48. The molecule has 1 aliphatic heterocycles. The highest BCUT2D eigenvalue weighted by Gasteiger charge is 2.27. The van der Waals surface area contributed by atoms with Crippen LogP contribution in [0.4, 0.5) is 0 Å². The molecule has 1 aliphatic rings. The van der Waals surface area contributed by atoms with Gasteiger partial charge < -0.3 is 10.1 Å². The van der Waals surface area contributed by atoms with Crippen molar-refractivity contribution < 1.29 is 9.53 Å². The van der Waals surface area contributed by atoms with Crippen LogP contribution < -0.4 is 5.32 Å². The Bertz CT molecular complexity index is 889. The molecule has 3 aromatic rings. The first-order valence-electron chi connectivity index (χ1n) is 9.75. The highest BCUT2D eigenvalue weighted by Crippen LogP contribution is 2.30. The number of nitrogens with zero attached hydrogens (tertiary/aromatic N) is 1. The van der Waals surface area contributed by atoms with Crippen molar-refractivity contribution in [2.45, 2.75) is 18.9 Å². The Morgan fingerprint density at radius 2 is 1.64 bits per heavy atom. The Balaban J connectivity index is 1.52. The van der Waals surface area contributed by atoms with E-state index in [0.29, 0.717) is 11.5 Å². The van der Waals surface area contributed by atoms with Crippen molar-refractivity contribution in [1.82, 2.24) is 10.3 Å². The summed E-state index contributed by atoms with van der Waals surface area (Å²) in [7, 11) is 0. The molecule has 0 saturated carbocycles. The van der Waals surface area contributed by atoms with Crippen LogP contribution in [0.5, 0.6) is 0 Å². The summed E-state index contributed by atoms with van der Waals surface area (Å²) < 4.78 is 5.50. The molecule has 0 aliphatic carbocycles. The van der Waals surface area contributed by atoms with Gasteiger partial charge in [0.1, 0.15) is 0 Å². The number of aromatic nitrogens is 1. The molecule has 0 radical (unpaired) electrons. The minimum Gasteiger partial charge on any atom is -0.381 e. The van der Waals surface area contributed by atoms with E-state index in [9.17, 15) is 4.79 Å². The van der Waals surface area contributed by atoms with Crippen molar-refractivity contribution >= 4 is 5.91 Å². The summed E-state index contributed by atoms with van der Waals surface area (Å²) in [5, 5.41) is 3.24. The number of amides is 1. The molecule has 28 heavy (non-hydrogen) atoms. The molecule has 1 N–H and O–H groups in total. The lowest BCUT2D eigenvalue weighted by molar-refractivity contribution is 0.0513. The summed E-state index contributed by atoms with van der Waals surface area (Å²) in [6, 6.07) is 21.8. The van der Waals surface area contributed by atoms with Crippen molar-refractivity contribution in [3.63, 3.8) is 0 Å². The fourth-order valence-corrected chi connectivity index (χ4v) is 3.75. The first-order valence-corrected chi connectivity index (χ1v) is 9.75. The van der Waals surface area contributed by atoms with Gasteiger partial charge in [-0.25, -0.2) is 0 Å². The number of nitrogens with one attached hydrogen (secondary N) is 1. The molecule has 1 aromatic heterocycles. The molecule has 4 rings (SSSR count). The fourth-order valence-electron chi connectivity index (χ4n) is 3.75. The van der Waals surface area contributed by atoms with Crippen LogP contribution >= 0.6 is 0 Å². The summed E-state index contributed by atoms with van der Waals surface area (Å²) in [4.78, 5) is 17.2. The monoisotopic (exact) mass is 372 g/mol. The molecular formula is C24H24N2O2. The zero-order valence-electron chi connectivity index (χ0n) is 15.8. The number of carbonyl (C=O) groups is 1. The Hall–Kier alpha value is -2.98. The Morgan fingerprint density at radius 3 is 2.32 bits per heavy atom. The number of benzene rings is 2. The predicted octanol–water partition coefficient (Wildman–Crippen LogP) is 4.65. The van der Waals surface area contributed by atoms with Crippen molar-refractivity contribution in [2.75, 3.05) is 13.2 Å². The second-order valence-electron chi connectivity index (χ2n) is 7.13. The van der Waals surface area contributed by atoms with Crippen molar-refractivity contribution in [3.8, 4) is 11.1 Å². The maximum absolute atomic E-state index is 13.0. The van der Waals surface area contributed by atoms with Gasteiger partial charge >= 0.3 is 0 Å². The normalized spacial score (nSPS) is 15.7. The van der Waals surface area contributed by atoms with Crippen LogP contribution in [0.1, 0.15) is 34.8 Å². The third kappa shape index (κ3) is 4.29. The van der Waals surface area contributed by atoms with Crippen LogP contribution in [-0.2, 0) is 4.74 Å². The topological polar surface area (TPSA) is 51.2 Å². The van der Waals surface area contributed by atoms with Gasteiger partial charge in [-0.2, -0.15) is 0 Å². The molecule has 1 fully saturated rings. The molecule has 0 bridgehead atoms. The van der Waals surface area contributed by atoms with E-state index in [0.717, 1.165) is 42.7 Å². The first-order chi connectivity index (χ1) is 13.8. The second-order valence-corrected chi connectivity index (χ2v) is 7.13. The van der Waals surface area contributed by atoms with Crippen LogP contribution in [0.3, 0.4) is 0 Å². The standard InChI is InChI=1S/C24H24N2O2/c27-24(21-10-8-19(9-11-21)18-5-2-1-3-6-18)26-23(20-12-15-28-16-13-20)22-7-4-14-25-17-22/h1-11,14,17,20,23H,12-13,15-16H2,(H,26,27). The number of pyridine rings is 1. The SMILES string of the molecule is O=C(NC(c1cccnc1)C1CCOCC1)c1ccc(-c2ccccc2)cc1. The van der Waals surface area contributed by atoms with E-state index >= 15 is 0 Å². The average molecular weight is 372 g/mol. The molecule has 4 nitrogen and oxygen atoms in total. The molecule has 4 heteroatoms. The lowest BCUT2D eigenvalue weighted by atomic mass is 9.87. The molecule has 2 aromatic carbocycles. The maximum Gasteiger partial charge on any atom is 0.251 e. The van der Waals surface area contributed by atoms with E-state index in [1.165, 1.54) is 0 Å². The molecule has 142 valence electrons. The van der Waals surface area contributed by atoms with Gasteiger partial charge in [-0.15, -0.1) is 0 Å². The van der Waals surface area contributed by atoms with Crippen LogP contribution in [-0.4, -0.2) is 24.1 Å². The maximum atomic E-state index is 13.0. The summed E-state index contributed by atoms with van der Waals surface area (Å²) in [6.45, 7) is 1.48. The lowest BCUT2D eigenvalue weighted by Gasteiger charge is -2.31. The van der Waals surface area contributed by atoms with Crippen LogP contribution in [0.25, 0.3) is 11.1 Å². The number of rotatable bonds is 5. The number of hydrogen-bond acceptors (Lipinski definition) is 3. The van der Waals surface area contributed by atoms with E-state index in [1.807, 2.05) is 60.8 Å². The van der Waals surface area contributed by atoms with Gasteiger partial charge in [0.15, 0.2) is 0 Å². The summed E-state index contributed by atoms with van der Waals surface area (Å²) in [5.41, 5.74) is 3.96. The molecule has 1 atom stereocenters. The summed E-state index contributed by atoms with van der Waals surface area (Å²) >= 11 is 0. The fraction of sp³-hybridized carbons (Fsp3) is 0.250. The Kier molecular flexibility index (Phi) is 5.78. The van der Waals surface area contributed by atoms with Crippen molar-refractivity contribution in [1.29, 1.82) is 0 Å². The van der Waals surface area contributed by atoms with E-state index in [-0.39, 0.29) is 11.9 Å². The van der Waals surface area contributed by atoms with E-state index in [1.54, 1.807) is 6.20 Å². The zero-order valence-corrected chi connectivity index (χ0v) is 15.8. The quantitative estimate of drug-likeness (QED) is 0.709. The third-order valence-electron chi connectivity index (χ3n) is 5.32. The predicted molar refractivity (Wildman–Crippen MR) is 110 cm³/mol. The van der Waals surface area contributed by atoms with Crippen molar-refractivity contribution in [3.05, 3.63) is 90.3 Å². The Labute approximate surface area is 165 Å².